The highest BCUT2D eigenvalue weighted by Gasteiger charge is 2.12. The van der Waals surface area contributed by atoms with Crippen LogP contribution in [-0.4, -0.2) is 6.29 Å². The number of carbonyl (C=O) groups excluding carboxylic acids is 1. The van der Waals surface area contributed by atoms with Gasteiger partial charge in [-0.1, -0.05) is 151 Å². The van der Waals surface area contributed by atoms with Crippen LogP contribution in [0.25, 0.3) is 55.6 Å². The van der Waals surface area contributed by atoms with Gasteiger partial charge in [-0.05, 0) is 99.7 Å². The molecule has 0 aliphatic heterocycles. The number of hydrogen-bond donors (Lipinski definition) is 0. The Labute approximate surface area is 272 Å². The van der Waals surface area contributed by atoms with Crippen molar-refractivity contribution >= 4 is 6.29 Å². The highest BCUT2D eigenvalue weighted by Crippen LogP contribution is 2.36. The lowest BCUT2D eigenvalue weighted by Gasteiger charge is -2.16. The number of rotatable bonds is 7. The zero-order valence-corrected chi connectivity index (χ0v) is 26.3. The molecule has 0 saturated carbocycles. The summed E-state index contributed by atoms with van der Waals surface area (Å²) < 4.78 is 0. The topological polar surface area (TPSA) is 17.1 Å². The Bertz CT molecular complexity index is 2040. The molecule has 0 fully saturated rings. The molecule has 1 aliphatic rings. The predicted molar refractivity (Wildman–Crippen MR) is 194 cm³/mol. The quantitative estimate of drug-likeness (QED) is 0.169. The second kappa shape index (κ2) is 12.8. The van der Waals surface area contributed by atoms with Crippen LogP contribution in [0.1, 0.15) is 40.7 Å². The van der Waals surface area contributed by atoms with Crippen molar-refractivity contribution in [3.8, 4) is 55.6 Å². The van der Waals surface area contributed by atoms with E-state index in [0.29, 0.717) is 11.5 Å². The maximum atomic E-state index is 11.1. The minimum absolute atomic E-state index is 0.430. The fraction of sp³-hybridized carbons (Fsp3) is 0.0889. The fourth-order valence-corrected chi connectivity index (χ4v) is 6.24. The lowest BCUT2D eigenvalue weighted by molar-refractivity contribution is 0.112. The number of aryl methyl sites for hydroxylation is 1. The lowest BCUT2D eigenvalue weighted by Crippen LogP contribution is -1.97. The maximum absolute atomic E-state index is 11.1. The molecule has 0 bridgehead atoms. The molecule has 1 atom stereocenters. The Hall–Kier alpha value is -5.53. The van der Waals surface area contributed by atoms with E-state index >= 15 is 0 Å². The molecule has 0 amide bonds. The number of allylic oxidation sites excluding steroid dienone is 4. The molecule has 1 aliphatic carbocycles. The monoisotopic (exact) mass is 592 g/mol. The summed E-state index contributed by atoms with van der Waals surface area (Å²) in [5.74, 6) is 0.430. The van der Waals surface area contributed by atoms with Gasteiger partial charge in [0.15, 0.2) is 0 Å². The molecule has 6 aromatic rings. The Morgan fingerprint density at radius 3 is 1.24 bits per heavy atom. The average Bonchev–Trinajstić information content (AvgIpc) is 3.12. The summed E-state index contributed by atoms with van der Waals surface area (Å²) in [5.41, 5.74) is 16.4. The van der Waals surface area contributed by atoms with E-state index in [1.807, 2.05) is 24.3 Å². The number of aldehydes is 1. The van der Waals surface area contributed by atoms with Crippen molar-refractivity contribution in [1.82, 2.24) is 0 Å². The third-order valence-electron chi connectivity index (χ3n) is 9.09. The first-order valence-electron chi connectivity index (χ1n) is 16.0. The lowest BCUT2D eigenvalue weighted by atomic mass is 9.88. The first kappa shape index (κ1) is 29.2. The Morgan fingerprint density at radius 2 is 0.848 bits per heavy atom. The summed E-state index contributed by atoms with van der Waals surface area (Å²) in [5, 5.41) is 0. The minimum atomic E-state index is 0.430. The summed E-state index contributed by atoms with van der Waals surface area (Å²) >= 11 is 0. The SMILES string of the molecule is CC1=CC[C@H](c2ccc(-c3cc(-c4ccc(-c5ccc(C)cc5)cc4)cc(-c4ccc(-c5ccc(C=O)cc5)cc4)c3)cc2)C=C1. The average molecular weight is 593 g/mol. The molecular formula is C45H36O. The van der Waals surface area contributed by atoms with Crippen LogP contribution < -0.4 is 0 Å². The smallest absolute Gasteiger partial charge is 0.150 e. The van der Waals surface area contributed by atoms with E-state index in [1.165, 1.54) is 61.2 Å². The van der Waals surface area contributed by atoms with E-state index < -0.39 is 0 Å². The Kier molecular flexibility index (Phi) is 8.14. The van der Waals surface area contributed by atoms with Crippen LogP contribution in [-0.2, 0) is 0 Å². The van der Waals surface area contributed by atoms with Gasteiger partial charge in [-0.25, -0.2) is 0 Å². The van der Waals surface area contributed by atoms with E-state index in [9.17, 15) is 4.79 Å². The second-order valence-electron chi connectivity index (χ2n) is 12.3. The molecule has 0 aromatic heterocycles. The van der Waals surface area contributed by atoms with E-state index in [2.05, 4.69) is 147 Å². The van der Waals surface area contributed by atoms with Gasteiger partial charge in [0, 0.05) is 11.5 Å². The maximum Gasteiger partial charge on any atom is 0.150 e. The molecule has 0 N–H and O–H groups in total. The standard InChI is InChI=1S/C45H36O/c1-31-3-9-34(10-4-31)37-15-21-40(22-16-37)43-27-44(41-23-17-38(18-24-41)35-11-5-32(2)6-12-35)29-45(28-43)42-25-19-39(20-26-42)36-13-7-33(30-46)8-14-36/h3-11,13-30,35H,12H2,1-2H3/t35-/m1/s1. The van der Waals surface area contributed by atoms with Crippen molar-refractivity contribution in [2.45, 2.75) is 26.2 Å². The molecule has 7 rings (SSSR count). The normalized spacial score (nSPS) is 14.1. The van der Waals surface area contributed by atoms with Gasteiger partial charge in [0.2, 0.25) is 0 Å². The van der Waals surface area contributed by atoms with Crippen molar-refractivity contribution in [1.29, 1.82) is 0 Å². The molecular weight excluding hydrogens is 556 g/mol. The molecule has 0 saturated heterocycles. The van der Waals surface area contributed by atoms with Crippen molar-refractivity contribution in [2.24, 2.45) is 0 Å². The zero-order chi connectivity index (χ0) is 31.5. The zero-order valence-electron chi connectivity index (χ0n) is 26.3. The largest absolute Gasteiger partial charge is 0.298 e. The van der Waals surface area contributed by atoms with Crippen LogP contribution in [0.15, 0.2) is 163 Å². The van der Waals surface area contributed by atoms with Gasteiger partial charge in [-0.2, -0.15) is 0 Å². The Morgan fingerprint density at radius 1 is 0.478 bits per heavy atom. The first-order valence-corrected chi connectivity index (χ1v) is 16.0. The summed E-state index contributed by atoms with van der Waals surface area (Å²) in [4.78, 5) is 11.1. The number of benzene rings is 6. The molecule has 0 unspecified atom stereocenters. The third kappa shape index (κ3) is 6.32. The summed E-state index contributed by atoms with van der Waals surface area (Å²) in [6, 6.07) is 50.1. The fourth-order valence-electron chi connectivity index (χ4n) is 6.24. The van der Waals surface area contributed by atoms with Crippen LogP contribution in [0.2, 0.25) is 0 Å². The van der Waals surface area contributed by atoms with Crippen molar-refractivity contribution in [3.63, 3.8) is 0 Å². The molecule has 0 radical (unpaired) electrons. The van der Waals surface area contributed by atoms with Gasteiger partial charge >= 0.3 is 0 Å². The number of carbonyl (C=O) groups is 1. The van der Waals surface area contributed by atoms with E-state index in [0.717, 1.165) is 23.8 Å². The van der Waals surface area contributed by atoms with Gasteiger partial charge < -0.3 is 0 Å². The van der Waals surface area contributed by atoms with Crippen molar-refractivity contribution in [2.75, 3.05) is 0 Å². The highest BCUT2D eigenvalue weighted by atomic mass is 16.1. The molecule has 6 aromatic carbocycles. The number of hydrogen-bond acceptors (Lipinski definition) is 1. The van der Waals surface area contributed by atoms with Crippen LogP contribution in [0, 0.1) is 6.92 Å². The van der Waals surface area contributed by atoms with E-state index in [4.69, 9.17) is 0 Å². The van der Waals surface area contributed by atoms with Gasteiger partial charge in [-0.15, -0.1) is 0 Å². The van der Waals surface area contributed by atoms with Crippen LogP contribution in [0.5, 0.6) is 0 Å². The van der Waals surface area contributed by atoms with Gasteiger partial charge in [0.1, 0.15) is 6.29 Å². The molecule has 222 valence electrons. The van der Waals surface area contributed by atoms with Crippen molar-refractivity contribution in [3.05, 3.63) is 180 Å². The van der Waals surface area contributed by atoms with Gasteiger partial charge in [-0.3, -0.25) is 4.79 Å². The third-order valence-corrected chi connectivity index (χ3v) is 9.09. The Balaban J connectivity index is 1.25. The minimum Gasteiger partial charge on any atom is -0.298 e. The van der Waals surface area contributed by atoms with Crippen LogP contribution in [0.3, 0.4) is 0 Å². The molecule has 46 heavy (non-hydrogen) atoms. The van der Waals surface area contributed by atoms with Gasteiger partial charge in [0.25, 0.3) is 0 Å². The highest BCUT2D eigenvalue weighted by molar-refractivity contribution is 5.83. The van der Waals surface area contributed by atoms with E-state index in [-0.39, 0.29) is 0 Å². The first-order chi connectivity index (χ1) is 22.5. The van der Waals surface area contributed by atoms with Crippen LogP contribution in [0.4, 0.5) is 0 Å². The van der Waals surface area contributed by atoms with E-state index in [1.54, 1.807) is 0 Å². The molecule has 0 spiro atoms. The predicted octanol–water partition coefficient (Wildman–Crippen LogP) is 12.1. The summed E-state index contributed by atoms with van der Waals surface area (Å²) in [6.07, 6.45) is 8.81. The van der Waals surface area contributed by atoms with Crippen LogP contribution >= 0.6 is 0 Å². The molecule has 1 nitrogen and oxygen atoms in total. The van der Waals surface area contributed by atoms with Gasteiger partial charge in [0.05, 0.1) is 0 Å². The molecule has 0 heterocycles. The summed E-state index contributed by atoms with van der Waals surface area (Å²) in [6.45, 7) is 4.28. The van der Waals surface area contributed by atoms with Crippen molar-refractivity contribution < 1.29 is 4.79 Å². The molecule has 1 heteroatoms. The second-order valence-corrected chi connectivity index (χ2v) is 12.3. The summed E-state index contributed by atoms with van der Waals surface area (Å²) in [7, 11) is 0.